The van der Waals surface area contributed by atoms with E-state index in [0.717, 1.165) is 24.0 Å². The Morgan fingerprint density at radius 3 is 2.47 bits per heavy atom. The number of halogens is 1. The van der Waals surface area contributed by atoms with Crippen LogP contribution in [-0.2, 0) is 6.42 Å². The molecule has 0 amide bonds. The summed E-state index contributed by atoms with van der Waals surface area (Å²) in [4.78, 5) is 0. The fraction of sp³-hybridized carbons (Fsp3) is 0.200. The Morgan fingerprint density at radius 1 is 1.00 bits per heavy atom. The highest BCUT2D eigenvalue weighted by molar-refractivity contribution is 5.20. The first kappa shape index (κ1) is 11.8. The van der Waals surface area contributed by atoms with E-state index in [4.69, 9.17) is 5.73 Å². The number of hydrogen-bond donors (Lipinski definition) is 1. The maximum Gasteiger partial charge on any atom is 0.123 e. The van der Waals surface area contributed by atoms with Gasteiger partial charge in [0.2, 0.25) is 0 Å². The van der Waals surface area contributed by atoms with E-state index in [1.165, 1.54) is 6.07 Å². The van der Waals surface area contributed by atoms with Gasteiger partial charge in [0.15, 0.2) is 0 Å². The molecule has 0 bridgehead atoms. The molecule has 0 aliphatic carbocycles. The standard InChI is InChI=1S/C15H16FN/c16-14-8-4-5-12(11-14)9-10-15(17)13-6-2-1-3-7-13/h1-8,11,15H,9-10,17H2. The Hall–Kier alpha value is -1.67. The predicted octanol–water partition coefficient (Wildman–Crippen LogP) is 3.46. The summed E-state index contributed by atoms with van der Waals surface area (Å²) in [6.07, 6.45) is 1.63. The van der Waals surface area contributed by atoms with Gasteiger partial charge in [-0.2, -0.15) is 0 Å². The van der Waals surface area contributed by atoms with Crippen molar-refractivity contribution in [3.8, 4) is 0 Å². The van der Waals surface area contributed by atoms with E-state index >= 15 is 0 Å². The molecule has 17 heavy (non-hydrogen) atoms. The van der Waals surface area contributed by atoms with Crippen LogP contribution in [0.5, 0.6) is 0 Å². The van der Waals surface area contributed by atoms with Crippen LogP contribution in [0.25, 0.3) is 0 Å². The molecule has 88 valence electrons. The van der Waals surface area contributed by atoms with Crippen LogP contribution in [0.4, 0.5) is 4.39 Å². The fourth-order valence-electron chi connectivity index (χ4n) is 1.88. The maximum absolute atomic E-state index is 13.0. The summed E-state index contributed by atoms with van der Waals surface area (Å²) in [5.41, 5.74) is 8.21. The van der Waals surface area contributed by atoms with Crippen molar-refractivity contribution in [2.45, 2.75) is 18.9 Å². The SMILES string of the molecule is NC(CCc1cccc(F)c1)c1ccccc1. The lowest BCUT2D eigenvalue weighted by Crippen LogP contribution is -2.11. The number of nitrogens with two attached hydrogens (primary N) is 1. The van der Waals surface area contributed by atoms with Crippen molar-refractivity contribution in [1.82, 2.24) is 0 Å². The second-order valence-electron chi connectivity index (χ2n) is 4.19. The van der Waals surface area contributed by atoms with E-state index in [1.807, 2.05) is 36.4 Å². The van der Waals surface area contributed by atoms with Gasteiger partial charge in [0.05, 0.1) is 0 Å². The molecule has 1 nitrogen and oxygen atoms in total. The molecule has 2 rings (SSSR count). The first-order valence-corrected chi connectivity index (χ1v) is 5.80. The lowest BCUT2D eigenvalue weighted by molar-refractivity contribution is 0.617. The Bertz CT molecular complexity index is 467. The highest BCUT2D eigenvalue weighted by Gasteiger charge is 2.05. The molecule has 1 atom stereocenters. The van der Waals surface area contributed by atoms with Crippen molar-refractivity contribution in [3.05, 3.63) is 71.5 Å². The summed E-state index contributed by atoms with van der Waals surface area (Å²) >= 11 is 0. The average Bonchev–Trinajstić information content (AvgIpc) is 2.37. The molecular formula is C15H16FN. The van der Waals surface area contributed by atoms with Crippen LogP contribution >= 0.6 is 0 Å². The van der Waals surface area contributed by atoms with E-state index < -0.39 is 0 Å². The molecule has 0 spiro atoms. The zero-order valence-corrected chi connectivity index (χ0v) is 9.64. The van der Waals surface area contributed by atoms with Crippen LogP contribution in [0, 0.1) is 5.82 Å². The molecule has 2 heteroatoms. The first-order valence-electron chi connectivity index (χ1n) is 5.80. The van der Waals surface area contributed by atoms with Gasteiger partial charge in [-0.05, 0) is 36.1 Å². The van der Waals surface area contributed by atoms with Crippen molar-refractivity contribution in [2.75, 3.05) is 0 Å². The second kappa shape index (κ2) is 5.60. The van der Waals surface area contributed by atoms with Crippen molar-refractivity contribution >= 4 is 0 Å². The van der Waals surface area contributed by atoms with Crippen molar-refractivity contribution in [2.24, 2.45) is 5.73 Å². The van der Waals surface area contributed by atoms with Gasteiger partial charge in [-0.15, -0.1) is 0 Å². The molecule has 0 fully saturated rings. The number of aryl methyl sites for hydroxylation is 1. The van der Waals surface area contributed by atoms with Crippen LogP contribution in [0.15, 0.2) is 54.6 Å². The Balaban J connectivity index is 1.95. The van der Waals surface area contributed by atoms with Gasteiger partial charge < -0.3 is 5.73 Å². The zero-order valence-electron chi connectivity index (χ0n) is 9.64. The minimum Gasteiger partial charge on any atom is -0.324 e. The lowest BCUT2D eigenvalue weighted by Gasteiger charge is -2.11. The second-order valence-corrected chi connectivity index (χ2v) is 4.19. The van der Waals surface area contributed by atoms with Gasteiger partial charge in [0.1, 0.15) is 5.82 Å². The molecule has 0 radical (unpaired) electrons. The Labute approximate surface area is 101 Å². The molecule has 2 aromatic carbocycles. The van der Waals surface area contributed by atoms with E-state index in [0.29, 0.717) is 0 Å². The third-order valence-electron chi connectivity index (χ3n) is 2.86. The third kappa shape index (κ3) is 3.40. The van der Waals surface area contributed by atoms with Crippen LogP contribution in [0.3, 0.4) is 0 Å². The molecule has 0 saturated heterocycles. The topological polar surface area (TPSA) is 26.0 Å². The highest BCUT2D eigenvalue weighted by atomic mass is 19.1. The van der Waals surface area contributed by atoms with Crippen LogP contribution in [0.1, 0.15) is 23.6 Å². The fourth-order valence-corrected chi connectivity index (χ4v) is 1.88. The van der Waals surface area contributed by atoms with Crippen molar-refractivity contribution < 1.29 is 4.39 Å². The molecule has 2 aromatic rings. The first-order chi connectivity index (χ1) is 8.25. The van der Waals surface area contributed by atoms with Gasteiger partial charge in [-0.25, -0.2) is 4.39 Å². The normalized spacial score (nSPS) is 12.4. The van der Waals surface area contributed by atoms with E-state index in [-0.39, 0.29) is 11.9 Å². The summed E-state index contributed by atoms with van der Waals surface area (Å²) in [5, 5.41) is 0. The summed E-state index contributed by atoms with van der Waals surface area (Å²) in [7, 11) is 0. The average molecular weight is 229 g/mol. The monoisotopic (exact) mass is 229 g/mol. The third-order valence-corrected chi connectivity index (χ3v) is 2.86. The summed E-state index contributed by atoms with van der Waals surface area (Å²) < 4.78 is 13.0. The Morgan fingerprint density at radius 2 is 1.76 bits per heavy atom. The summed E-state index contributed by atoms with van der Waals surface area (Å²) in [6.45, 7) is 0. The van der Waals surface area contributed by atoms with E-state index in [1.54, 1.807) is 12.1 Å². The maximum atomic E-state index is 13.0. The van der Waals surface area contributed by atoms with Gasteiger partial charge >= 0.3 is 0 Å². The number of hydrogen-bond acceptors (Lipinski definition) is 1. The number of rotatable bonds is 4. The minimum atomic E-state index is -0.184. The van der Waals surface area contributed by atoms with Gasteiger partial charge in [-0.3, -0.25) is 0 Å². The van der Waals surface area contributed by atoms with Crippen molar-refractivity contribution in [1.29, 1.82) is 0 Å². The van der Waals surface area contributed by atoms with Gasteiger partial charge in [0.25, 0.3) is 0 Å². The van der Waals surface area contributed by atoms with Gasteiger partial charge in [-0.1, -0.05) is 42.5 Å². The number of benzene rings is 2. The molecular weight excluding hydrogens is 213 g/mol. The molecule has 0 aliphatic heterocycles. The summed E-state index contributed by atoms with van der Waals surface area (Å²) in [6, 6.07) is 16.7. The van der Waals surface area contributed by atoms with Crippen molar-refractivity contribution in [3.63, 3.8) is 0 Å². The molecule has 0 aromatic heterocycles. The zero-order chi connectivity index (χ0) is 12.1. The molecule has 2 N–H and O–H groups in total. The van der Waals surface area contributed by atoms with Crippen LogP contribution in [-0.4, -0.2) is 0 Å². The largest absolute Gasteiger partial charge is 0.324 e. The molecule has 1 unspecified atom stereocenters. The summed E-state index contributed by atoms with van der Waals surface area (Å²) in [5.74, 6) is -0.184. The molecule has 0 heterocycles. The van der Waals surface area contributed by atoms with Crippen LogP contribution in [0.2, 0.25) is 0 Å². The smallest absolute Gasteiger partial charge is 0.123 e. The lowest BCUT2D eigenvalue weighted by atomic mass is 10.00. The van der Waals surface area contributed by atoms with E-state index in [2.05, 4.69) is 0 Å². The van der Waals surface area contributed by atoms with Crippen LogP contribution < -0.4 is 5.73 Å². The molecule has 0 saturated carbocycles. The minimum absolute atomic E-state index is 0.0134. The quantitative estimate of drug-likeness (QED) is 0.853. The predicted molar refractivity (Wildman–Crippen MR) is 68.1 cm³/mol. The Kier molecular flexibility index (Phi) is 3.89. The van der Waals surface area contributed by atoms with E-state index in [9.17, 15) is 4.39 Å². The van der Waals surface area contributed by atoms with Gasteiger partial charge in [0, 0.05) is 6.04 Å². The highest BCUT2D eigenvalue weighted by Crippen LogP contribution is 2.16. The molecule has 0 aliphatic rings.